The van der Waals surface area contributed by atoms with Crippen molar-refractivity contribution in [3.63, 3.8) is 0 Å². The molecule has 0 bridgehead atoms. The van der Waals surface area contributed by atoms with E-state index >= 15 is 0 Å². The van der Waals surface area contributed by atoms with Crippen molar-refractivity contribution in [2.24, 2.45) is 0 Å². The van der Waals surface area contributed by atoms with Crippen LogP contribution in [0.25, 0.3) is 0 Å². The maximum atomic E-state index is 11.0. The first kappa shape index (κ1) is 17.3. The minimum absolute atomic E-state index is 0. The average molecular weight is 252 g/mol. The molecule has 0 aliphatic carbocycles. The number of halogens is 1. The van der Waals surface area contributed by atoms with Crippen LogP contribution in [-0.4, -0.2) is 55.3 Å². The third kappa shape index (κ3) is 8.26. The Hall–Kier alpha value is -1.07. The molecule has 0 saturated carbocycles. The minimum atomic E-state index is -0.869. The van der Waals surface area contributed by atoms with Gasteiger partial charge in [0.05, 0.1) is 14.1 Å². The number of aliphatic carboxylic acids is 1. The van der Waals surface area contributed by atoms with E-state index in [9.17, 15) is 9.59 Å². The first-order chi connectivity index (χ1) is 6.74. The lowest BCUT2D eigenvalue weighted by molar-refractivity contribution is -0.883. The van der Waals surface area contributed by atoms with Gasteiger partial charge < -0.3 is 26.7 Å². The maximum Gasteiger partial charge on any atom is 0.359 e. The number of carboxylic acids is 1. The summed E-state index contributed by atoms with van der Waals surface area (Å²) in [5, 5.41) is 8.61. The van der Waals surface area contributed by atoms with Crippen LogP contribution < -0.4 is 12.4 Å². The van der Waals surface area contributed by atoms with Crippen molar-refractivity contribution in [1.29, 1.82) is 0 Å². The Morgan fingerprint density at radius 1 is 1.38 bits per heavy atom. The quantitative estimate of drug-likeness (QED) is 0.316. The van der Waals surface area contributed by atoms with E-state index in [2.05, 4.69) is 6.58 Å². The van der Waals surface area contributed by atoms with Gasteiger partial charge in [-0.2, -0.15) is 0 Å². The molecule has 0 fully saturated rings. The van der Waals surface area contributed by atoms with Gasteiger partial charge in [0.1, 0.15) is 13.2 Å². The second-order valence-corrected chi connectivity index (χ2v) is 4.13. The summed E-state index contributed by atoms with van der Waals surface area (Å²) < 4.78 is 5.15. The van der Waals surface area contributed by atoms with Gasteiger partial charge in [0.15, 0.2) is 6.54 Å². The zero-order valence-electron chi connectivity index (χ0n) is 9.83. The SMILES string of the molecule is C=C(C)C(=O)OCC[N+](C)(C)CC(=O)O.[Cl-]. The average Bonchev–Trinajstić information content (AvgIpc) is 2.00. The number of nitrogens with zero attached hydrogens (tertiary/aromatic N) is 1. The molecule has 5 nitrogen and oxygen atoms in total. The topological polar surface area (TPSA) is 63.6 Å². The van der Waals surface area contributed by atoms with Crippen LogP contribution in [0.2, 0.25) is 0 Å². The summed E-state index contributed by atoms with van der Waals surface area (Å²) in [7, 11) is 3.53. The molecule has 94 valence electrons. The molecule has 1 N–H and O–H groups in total. The van der Waals surface area contributed by atoms with Gasteiger partial charge in [-0.3, -0.25) is 0 Å². The van der Waals surface area contributed by atoms with E-state index in [4.69, 9.17) is 9.84 Å². The fourth-order valence-corrected chi connectivity index (χ4v) is 0.954. The highest BCUT2D eigenvalue weighted by molar-refractivity contribution is 5.86. The fraction of sp³-hybridized carbons (Fsp3) is 0.600. The number of hydrogen-bond donors (Lipinski definition) is 1. The highest BCUT2D eigenvalue weighted by Gasteiger charge is 2.19. The van der Waals surface area contributed by atoms with Crippen LogP contribution in [0.5, 0.6) is 0 Å². The summed E-state index contributed by atoms with van der Waals surface area (Å²) in [6.07, 6.45) is 0. The molecular formula is C10H18ClNO4. The Bertz CT molecular complexity index is 276. The molecule has 0 aromatic heterocycles. The van der Waals surface area contributed by atoms with E-state index in [0.717, 1.165) is 0 Å². The predicted molar refractivity (Wildman–Crippen MR) is 55.3 cm³/mol. The number of esters is 1. The highest BCUT2D eigenvalue weighted by Crippen LogP contribution is 1.98. The zero-order chi connectivity index (χ0) is 12.1. The van der Waals surface area contributed by atoms with E-state index in [1.165, 1.54) is 0 Å². The Morgan fingerprint density at radius 2 is 1.88 bits per heavy atom. The number of likely N-dealkylation sites (N-methyl/N-ethyl adjacent to an activating group) is 1. The largest absolute Gasteiger partial charge is 1.00 e. The van der Waals surface area contributed by atoms with Gasteiger partial charge in [-0.25, -0.2) is 9.59 Å². The molecule has 0 rings (SSSR count). The Kier molecular flexibility index (Phi) is 7.85. The summed E-state index contributed by atoms with van der Waals surface area (Å²) in [5.74, 6) is -1.31. The van der Waals surface area contributed by atoms with E-state index in [0.29, 0.717) is 12.1 Å². The molecule has 0 atom stereocenters. The van der Waals surface area contributed by atoms with E-state index < -0.39 is 11.9 Å². The van der Waals surface area contributed by atoms with Crippen molar-refractivity contribution < 1.29 is 36.3 Å². The summed E-state index contributed by atoms with van der Waals surface area (Å²) >= 11 is 0. The fourth-order valence-electron chi connectivity index (χ4n) is 0.954. The van der Waals surface area contributed by atoms with Gasteiger partial charge in [-0.15, -0.1) is 0 Å². The Morgan fingerprint density at radius 3 is 2.25 bits per heavy atom. The van der Waals surface area contributed by atoms with Gasteiger partial charge in [0.2, 0.25) is 0 Å². The molecular weight excluding hydrogens is 234 g/mol. The number of carbonyl (C=O) groups is 2. The van der Waals surface area contributed by atoms with Crippen LogP contribution in [0.1, 0.15) is 6.92 Å². The van der Waals surface area contributed by atoms with Crippen molar-refractivity contribution in [3.05, 3.63) is 12.2 Å². The smallest absolute Gasteiger partial charge is 0.359 e. The third-order valence-electron chi connectivity index (χ3n) is 1.84. The van der Waals surface area contributed by atoms with Crippen molar-refractivity contribution in [2.75, 3.05) is 33.8 Å². The van der Waals surface area contributed by atoms with Crippen LogP contribution in [0.4, 0.5) is 0 Å². The van der Waals surface area contributed by atoms with Gasteiger partial charge >= 0.3 is 11.9 Å². The molecule has 0 aromatic rings. The number of carbonyl (C=O) groups excluding carboxylic acids is 1. The van der Waals surface area contributed by atoms with Crippen molar-refractivity contribution in [3.8, 4) is 0 Å². The second kappa shape index (κ2) is 7.24. The van der Waals surface area contributed by atoms with Gasteiger partial charge in [-0.05, 0) is 6.92 Å². The summed E-state index contributed by atoms with van der Waals surface area (Å²) in [6.45, 7) is 5.68. The minimum Gasteiger partial charge on any atom is -1.00 e. The molecule has 0 aliphatic rings. The molecule has 0 saturated heterocycles. The number of hydrogen-bond acceptors (Lipinski definition) is 3. The number of ether oxygens (including phenoxy) is 1. The standard InChI is InChI=1S/C10H17NO4.ClH/c1-8(2)10(14)15-6-5-11(3,4)7-9(12)13;/h1,5-7H2,2-4H3;1H. The zero-order valence-corrected chi connectivity index (χ0v) is 10.6. The lowest BCUT2D eigenvalue weighted by Crippen LogP contribution is -3.00. The third-order valence-corrected chi connectivity index (χ3v) is 1.84. The first-order valence-corrected chi connectivity index (χ1v) is 4.61. The molecule has 0 heterocycles. The molecule has 0 aromatic carbocycles. The van der Waals surface area contributed by atoms with Crippen LogP contribution in [-0.2, 0) is 14.3 Å². The molecule has 16 heavy (non-hydrogen) atoms. The van der Waals surface area contributed by atoms with Crippen molar-refractivity contribution in [1.82, 2.24) is 0 Å². The molecule has 6 heteroatoms. The van der Waals surface area contributed by atoms with E-state index in [-0.39, 0.29) is 30.0 Å². The molecule has 0 spiro atoms. The van der Waals surface area contributed by atoms with E-state index in [1.54, 1.807) is 21.0 Å². The normalized spacial score (nSPS) is 10.2. The summed E-state index contributed by atoms with van der Waals surface area (Å²) in [6, 6.07) is 0. The predicted octanol–water partition coefficient (Wildman–Crippen LogP) is -2.73. The Balaban J connectivity index is 0. The van der Waals surface area contributed by atoms with Crippen LogP contribution in [0, 0.1) is 0 Å². The monoisotopic (exact) mass is 251 g/mol. The number of carboxylic acid groups (broad SMARTS) is 1. The number of rotatable bonds is 6. The molecule has 0 radical (unpaired) electrons. The van der Waals surface area contributed by atoms with Crippen molar-refractivity contribution >= 4 is 11.9 Å². The second-order valence-electron chi connectivity index (χ2n) is 4.13. The summed E-state index contributed by atoms with van der Waals surface area (Å²) in [5.41, 5.74) is 0.346. The van der Waals surface area contributed by atoms with Crippen LogP contribution >= 0.6 is 0 Å². The summed E-state index contributed by atoms with van der Waals surface area (Å²) in [4.78, 5) is 21.5. The highest BCUT2D eigenvalue weighted by atomic mass is 35.5. The molecule has 0 aliphatic heterocycles. The van der Waals surface area contributed by atoms with Crippen LogP contribution in [0.3, 0.4) is 0 Å². The van der Waals surface area contributed by atoms with Gasteiger partial charge in [0, 0.05) is 5.57 Å². The first-order valence-electron chi connectivity index (χ1n) is 4.61. The lowest BCUT2D eigenvalue weighted by atomic mass is 10.4. The lowest BCUT2D eigenvalue weighted by Gasteiger charge is -2.27. The Labute approximate surface area is 102 Å². The maximum absolute atomic E-state index is 11.0. The van der Waals surface area contributed by atoms with Crippen LogP contribution in [0.15, 0.2) is 12.2 Å². The molecule has 0 amide bonds. The molecule has 0 unspecified atom stereocenters. The van der Waals surface area contributed by atoms with E-state index in [1.807, 2.05) is 0 Å². The van der Waals surface area contributed by atoms with Gasteiger partial charge in [0.25, 0.3) is 0 Å². The number of quaternary nitrogens is 1. The van der Waals surface area contributed by atoms with Crippen molar-refractivity contribution in [2.45, 2.75) is 6.92 Å². The van der Waals surface area contributed by atoms with Gasteiger partial charge in [-0.1, -0.05) is 6.58 Å².